The first-order valence-electron chi connectivity index (χ1n) is 13.5. The Morgan fingerprint density at radius 1 is 0.971 bits per heavy atom. The van der Waals surface area contributed by atoms with Crippen LogP contribution in [0.15, 0.2) is 0 Å². The lowest BCUT2D eigenvalue weighted by atomic mass is 9.82. The summed E-state index contributed by atoms with van der Waals surface area (Å²) >= 11 is 0. The van der Waals surface area contributed by atoms with Gasteiger partial charge in [-0.3, -0.25) is 4.79 Å². The minimum Gasteiger partial charge on any atom is -0.465 e. The largest absolute Gasteiger partial charge is 0.465 e. The molecule has 2 saturated heterocycles. The average molecular weight is 485 g/mol. The molecule has 0 amide bonds. The summed E-state index contributed by atoms with van der Waals surface area (Å²) in [5.41, 5.74) is 0. The van der Waals surface area contributed by atoms with E-state index >= 15 is 0 Å². The summed E-state index contributed by atoms with van der Waals surface area (Å²) in [6.45, 7) is 16.6. The molecule has 0 aromatic carbocycles. The molecule has 0 aromatic rings. The van der Waals surface area contributed by atoms with E-state index in [1.165, 1.54) is 0 Å². The van der Waals surface area contributed by atoms with Gasteiger partial charge in [-0.25, -0.2) is 0 Å². The number of ether oxygens (including phenoxy) is 3. The maximum atomic E-state index is 12.7. The van der Waals surface area contributed by atoms with Crippen LogP contribution in [0, 0.1) is 29.6 Å². The Bertz CT molecular complexity index is 620. The number of nitrogens with zero attached hydrogens (tertiary/aromatic N) is 1. The Morgan fingerprint density at radius 3 is 2.26 bits per heavy atom. The molecule has 0 radical (unpaired) electrons. The Hall–Kier alpha value is -0.730. The third-order valence-electron chi connectivity index (χ3n) is 7.93. The fraction of sp³-hybridized carbons (Fsp3) is 0.963. The number of hydrogen-bond acceptors (Lipinski definition) is 7. The van der Waals surface area contributed by atoms with Crippen molar-refractivity contribution in [2.24, 2.45) is 29.6 Å². The molecule has 7 heteroatoms. The van der Waals surface area contributed by atoms with Crippen molar-refractivity contribution in [2.45, 2.75) is 111 Å². The third kappa shape index (κ3) is 8.44. The summed E-state index contributed by atoms with van der Waals surface area (Å²) in [4.78, 5) is 15.2. The minimum absolute atomic E-state index is 0.00340. The minimum atomic E-state index is -0.731. The highest BCUT2D eigenvalue weighted by atomic mass is 16.7. The maximum Gasteiger partial charge on any atom is 0.308 e. The molecule has 11 atom stereocenters. The van der Waals surface area contributed by atoms with E-state index in [1.807, 2.05) is 20.9 Å². The highest BCUT2D eigenvalue weighted by Gasteiger charge is 2.40. The first-order chi connectivity index (χ1) is 15.9. The summed E-state index contributed by atoms with van der Waals surface area (Å²) in [6, 6.07) is 0.359. The lowest BCUT2D eigenvalue weighted by molar-refractivity contribution is -0.273. The summed E-state index contributed by atoms with van der Waals surface area (Å²) in [7, 11) is 4.05. The molecule has 0 saturated carbocycles. The number of likely N-dealkylation sites (N-methyl/N-ethyl adjacent to an activating group) is 1. The molecule has 0 aliphatic carbocycles. The van der Waals surface area contributed by atoms with E-state index in [2.05, 4.69) is 51.9 Å². The average Bonchev–Trinajstić information content (AvgIpc) is 2.76. The van der Waals surface area contributed by atoms with Crippen molar-refractivity contribution in [3.63, 3.8) is 0 Å². The number of carbonyl (C=O) groups is 1. The molecule has 0 bridgehead atoms. The smallest absolute Gasteiger partial charge is 0.308 e. The van der Waals surface area contributed by atoms with Gasteiger partial charge < -0.3 is 29.5 Å². The van der Waals surface area contributed by atoms with Crippen molar-refractivity contribution >= 4 is 5.97 Å². The monoisotopic (exact) mass is 484 g/mol. The van der Waals surface area contributed by atoms with E-state index in [0.717, 1.165) is 25.8 Å². The van der Waals surface area contributed by atoms with Gasteiger partial charge in [-0.05, 0) is 77.3 Å². The number of rotatable bonds is 3. The Kier molecular flexibility index (Phi) is 11.8. The molecule has 7 nitrogen and oxygen atoms in total. The zero-order valence-corrected chi connectivity index (χ0v) is 23.1. The van der Waals surface area contributed by atoms with Crippen molar-refractivity contribution < 1.29 is 24.1 Å². The number of nitrogens with one attached hydrogen (secondary N) is 1. The summed E-state index contributed by atoms with van der Waals surface area (Å²) in [5, 5.41) is 14.1. The molecule has 0 aromatic heterocycles. The number of esters is 1. The topological polar surface area (TPSA) is 80.3 Å². The van der Waals surface area contributed by atoms with Gasteiger partial charge in [0.25, 0.3) is 0 Å². The van der Waals surface area contributed by atoms with Crippen molar-refractivity contribution in [3.8, 4) is 0 Å². The third-order valence-corrected chi connectivity index (χ3v) is 7.93. The highest BCUT2D eigenvalue weighted by molar-refractivity contribution is 5.71. The molecular formula is C27H52N2O5. The van der Waals surface area contributed by atoms with Crippen molar-refractivity contribution in [1.29, 1.82) is 0 Å². The van der Waals surface area contributed by atoms with Crippen LogP contribution < -0.4 is 5.32 Å². The number of hydrogen-bond donors (Lipinski definition) is 2. The van der Waals surface area contributed by atoms with E-state index in [1.54, 1.807) is 0 Å². The Labute approximate surface area is 208 Å². The van der Waals surface area contributed by atoms with Gasteiger partial charge >= 0.3 is 5.97 Å². The maximum absolute atomic E-state index is 12.7. The predicted molar refractivity (Wildman–Crippen MR) is 135 cm³/mol. The van der Waals surface area contributed by atoms with E-state index in [0.29, 0.717) is 30.9 Å². The van der Waals surface area contributed by atoms with Crippen molar-refractivity contribution in [1.82, 2.24) is 10.2 Å². The molecule has 0 spiro atoms. The first-order valence-corrected chi connectivity index (χ1v) is 13.5. The van der Waals surface area contributed by atoms with Crippen LogP contribution >= 0.6 is 0 Å². The van der Waals surface area contributed by atoms with Crippen LogP contribution in [0.25, 0.3) is 0 Å². The molecule has 200 valence electrons. The molecule has 2 fully saturated rings. The fourth-order valence-electron chi connectivity index (χ4n) is 5.94. The normalized spacial score (nSPS) is 44.6. The molecule has 2 aliphatic rings. The number of carbonyl (C=O) groups excluding carboxylic acids is 1. The van der Waals surface area contributed by atoms with Gasteiger partial charge in [0.05, 0.1) is 24.7 Å². The SMILES string of the molecule is CN[C@H]1C[C@@H](C)O[C@@H](OC2C(C)CC(C)CN(C)C(C)CC(C)COC(=O)C(C)CC2C)[C@@H]1O. The Morgan fingerprint density at radius 2 is 1.62 bits per heavy atom. The van der Waals surface area contributed by atoms with Crippen LogP contribution in [0.4, 0.5) is 0 Å². The van der Waals surface area contributed by atoms with Gasteiger partial charge in [-0.2, -0.15) is 0 Å². The van der Waals surface area contributed by atoms with Crippen LogP contribution in [0.1, 0.15) is 74.1 Å². The lowest BCUT2D eigenvalue weighted by Crippen LogP contribution is -2.55. The van der Waals surface area contributed by atoms with E-state index in [9.17, 15) is 9.90 Å². The highest BCUT2D eigenvalue weighted by Crippen LogP contribution is 2.32. The van der Waals surface area contributed by atoms with E-state index < -0.39 is 12.4 Å². The molecule has 2 rings (SSSR count). The summed E-state index contributed by atoms with van der Waals surface area (Å²) in [6.07, 6.45) is 1.90. The summed E-state index contributed by atoms with van der Waals surface area (Å²) < 4.78 is 18.3. The summed E-state index contributed by atoms with van der Waals surface area (Å²) in [5.74, 6) is 0.856. The van der Waals surface area contributed by atoms with Gasteiger partial charge in [0, 0.05) is 18.6 Å². The van der Waals surface area contributed by atoms with Gasteiger partial charge in [0.1, 0.15) is 6.10 Å². The first kappa shape index (κ1) is 29.5. The molecule has 34 heavy (non-hydrogen) atoms. The van der Waals surface area contributed by atoms with Gasteiger partial charge in [-0.15, -0.1) is 0 Å². The van der Waals surface area contributed by atoms with Crippen molar-refractivity contribution in [2.75, 3.05) is 27.2 Å². The van der Waals surface area contributed by atoms with Gasteiger partial charge in [-0.1, -0.05) is 34.6 Å². The van der Waals surface area contributed by atoms with Crippen LogP contribution in [0.2, 0.25) is 0 Å². The second kappa shape index (κ2) is 13.5. The standard InChI is InChI=1S/C27H52N2O5/c1-16-10-18(3)25(34-27-24(30)23(28-8)13-22(7)33-27)19(4)12-20(5)26(31)32-15-17(2)11-21(6)29(9)14-16/h16-25,27-28,30H,10-15H2,1-9H3/t16?,17?,18?,19?,20?,21?,22-,23+,24-,25?,27+/m1/s1. The van der Waals surface area contributed by atoms with Crippen LogP contribution in [0.3, 0.4) is 0 Å². The van der Waals surface area contributed by atoms with Gasteiger partial charge in [0.15, 0.2) is 6.29 Å². The molecule has 7 unspecified atom stereocenters. The second-order valence-electron chi connectivity index (χ2n) is 11.7. The number of aliphatic hydroxyl groups is 1. The zero-order valence-electron chi connectivity index (χ0n) is 23.1. The van der Waals surface area contributed by atoms with Gasteiger partial charge in [0.2, 0.25) is 0 Å². The second-order valence-corrected chi connectivity index (χ2v) is 11.7. The number of aliphatic hydroxyl groups excluding tert-OH is 1. The van der Waals surface area contributed by atoms with Crippen LogP contribution in [0.5, 0.6) is 0 Å². The van der Waals surface area contributed by atoms with Crippen LogP contribution in [-0.2, 0) is 19.0 Å². The fourth-order valence-corrected chi connectivity index (χ4v) is 5.94. The van der Waals surface area contributed by atoms with E-state index in [-0.39, 0.29) is 42.0 Å². The molecular weight excluding hydrogens is 432 g/mol. The zero-order chi connectivity index (χ0) is 25.6. The lowest BCUT2D eigenvalue weighted by Gasteiger charge is -2.42. The number of cyclic esters (lactones) is 1. The Balaban J connectivity index is 2.24. The molecule has 2 N–H and O–H groups in total. The predicted octanol–water partition coefficient (Wildman–Crippen LogP) is 3.68. The van der Waals surface area contributed by atoms with E-state index in [4.69, 9.17) is 14.2 Å². The van der Waals surface area contributed by atoms with Crippen LogP contribution in [-0.4, -0.2) is 79.9 Å². The quantitative estimate of drug-likeness (QED) is 0.592. The molecule has 2 heterocycles. The molecule has 2 aliphatic heterocycles. The van der Waals surface area contributed by atoms with Crippen molar-refractivity contribution in [3.05, 3.63) is 0 Å².